The Balaban J connectivity index is 0.000000147. The molecule has 0 amide bonds. The molecule has 0 aromatic heterocycles. The maximum atomic E-state index is 3.15. The molecule has 0 nitrogen and oxygen atoms in total. The second-order valence-electron chi connectivity index (χ2n) is 4.51. The third-order valence-electron chi connectivity index (χ3n) is 3.14. The molecular formula is C20H14Cd. The summed E-state index contributed by atoms with van der Waals surface area (Å²) in [4.78, 5) is 0. The fourth-order valence-corrected chi connectivity index (χ4v) is 2.13. The average Bonchev–Trinajstić information content (AvgIpc) is 2.56. The molecule has 0 atom stereocenters. The van der Waals surface area contributed by atoms with Gasteiger partial charge in [0, 0.05) is 0 Å². The van der Waals surface area contributed by atoms with E-state index in [1.54, 1.807) is 0 Å². The van der Waals surface area contributed by atoms with Crippen LogP contribution in [0.2, 0.25) is 0 Å². The molecular weight excluding hydrogens is 353 g/mol. The van der Waals surface area contributed by atoms with Gasteiger partial charge in [0.25, 0.3) is 0 Å². The Bertz CT molecular complexity index is 619. The predicted octanol–water partition coefficient (Wildman–Crippen LogP) is 5.28. The Morgan fingerprint density at radius 3 is 1.29 bits per heavy atom. The monoisotopic (exact) mass is 368 g/mol. The van der Waals surface area contributed by atoms with Crippen molar-refractivity contribution in [2.24, 2.45) is 0 Å². The quantitative estimate of drug-likeness (QED) is 0.293. The second-order valence-corrected chi connectivity index (χ2v) is 4.51. The molecule has 0 fully saturated rings. The van der Waals surface area contributed by atoms with Gasteiger partial charge in [0.05, 0.1) is 0 Å². The molecule has 4 rings (SSSR count). The first-order chi connectivity index (χ1) is 9.93. The van der Waals surface area contributed by atoms with E-state index in [0.717, 1.165) is 0 Å². The van der Waals surface area contributed by atoms with E-state index in [2.05, 4.69) is 48.5 Å². The van der Waals surface area contributed by atoms with Crippen molar-refractivity contribution in [3.05, 3.63) is 97.1 Å². The van der Waals surface area contributed by atoms with Gasteiger partial charge in [-0.15, -0.1) is 94.3 Å². The van der Waals surface area contributed by atoms with E-state index >= 15 is 0 Å². The van der Waals surface area contributed by atoms with Gasteiger partial charge in [0.15, 0.2) is 0 Å². The molecule has 1 heteroatoms. The fraction of sp³-hybridized carbons (Fsp3) is 0. The summed E-state index contributed by atoms with van der Waals surface area (Å²) >= 11 is 0. The van der Waals surface area contributed by atoms with Crippen molar-refractivity contribution in [1.29, 1.82) is 0 Å². The van der Waals surface area contributed by atoms with E-state index in [9.17, 15) is 0 Å². The third-order valence-corrected chi connectivity index (χ3v) is 3.14. The van der Waals surface area contributed by atoms with Gasteiger partial charge < -0.3 is 0 Å². The number of fused-ring (bicyclic) bond motifs is 2. The summed E-state index contributed by atoms with van der Waals surface area (Å²) in [6.07, 6.45) is 0. The van der Waals surface area contributed by atoms with Gasteiger partial charge in [0.2, 0.25) is 0 Å². The predicted molar refractivity (Wildman–Crippen MR) is 85.6 cm³/mol. The molecule has 0 unspecified atom stereocenters. The zero-order valence-corrected chi connectivity index (χ0v) is 15.8. The van der Waals surface area contributed by atoms with Gasteiger partial charge >= 0.3 is 27.3 Å². The summed E-state index contributed by atoms with van der Waals surface area (Å²) in [6.45, 7) is 0. The van der Waals surface area contributed by atoms with Crippen LogP contribution < -0.4 is 0 Å². The van der Waals surface area contributed by atoms with Gasteiger partial charge in [-0.3, -0.25) is 0 Å². The fourth-order valence-electron chi connectivity index (χ4n) is 2.13. The summed E-state index contributed by atoms with van der Waals surface area (Å²) in [6, 6.07) is 34.8. The Morgan fingerprint density at radius 2 is 0.857 bits per heavy atom. The Morgan fingerprint density at radius 1 is 0.476 bits per heavy atom. The molecule has 4 aromatic rings. The Hall–Kier alpha value is -1.68. The summed E-state index contributed by atoms with van der Waals surface area (Å²) < 4.78 is 0. The summed E-state index contributed by atoms with van der Waals surface area (Å²) in [5, 5.41) is 4.88. The summed E-state index contributed by atoms with van der Waals surface area (Å²) in [7, 11) is 0. The first-order valence-corrected chi connectivity index (χ1v) is 6.64. The van der Waals surface area contributed by atoms with Gasteiger partial charge in [-0.05, 0) is 0 Å². The number of rotatable bonds is 0. The van der Waals surface area contributed by atoms with Crippen LogP contribution in [0.3, 0.4) is 0 Å². The van der Waals surface area contributed by atoms with Crippen molar-refractivity contribution < 1.29 is 27.3 Å². The molecule has 0 spiro atoms. The van der Waals surface area contributed by atoms with Gasteiger partial charge in [-0.1, -0.05) is 24.3 Å². The van der Waals surface area contributed by atoms with E-state index in [4.69, 9.17) is 0 Å². The van der Waals surface area contributed by atoms with E-state index in [-0.39, 0.29) is 27.3 Å². The second kappa shape index (κ2) is 7.93. The Kier molecular flexibility index (Phi) is 5.93. The largest absolute Gasteiger partial charge is 2.00 e. The van der Waals surface area contributed by atoms with Crippen LogP contribution in [-0.4, -0.2) is 0 Å². The molecule has 96 valence electrons. The SMILES string of the molecule is [Cd+2].[c-]1cccc2ccccc12.[c-]1cccc2ccccc12. The van der Waals surface area contributed by atoms with Crippen LogP contribution in [0.4, 0.5) is 0 Å². The number of hydrogen-bond acceptors (Lipinski definition) is 0. The van der Waals surface area contributed by atoms with Gasteiger partial charge in [0.1, 0.15) is 0 Å². The van der Waals surface area contributed by atoms with Crippen molar-refractivity contribution in [3.63, 3.8) is 0 Å². The van der Waals surface area contributed by atoms with Crippen LogP contribution in [0, 0.1) is 12.1 Å². The van der Waals surface area contributed by atoms with E-state index in [0.29, 0.717) is 0 Å². The smallest absolute Gasteiger partial charge is 0.147 e. The average molecular weight is 367 g/mol. The standard InChI is InChI=1S/2C10H7.Cd/c2*1-2-6-10-8-4-3-7-9(10)5-1;/h2*1-7H;/q2*-1;+2. The number of hydrogen-bond donors (Lipinski definition) is 0. The molecule has 0 bridgehead atoms. The third kappa shape index (κ3) is 4.14. The molecule has 0 aliphatic heterocycles. The van der Waals surface area contributed by atoms with Crippen molar-refractivity contribution in [3.8, 4) is 0 Å². The minimum Gasteiger partial charge on any atom is -0.147 e. The first-order valence-electron chi connectivity index (χ1n) is 6.64. The molecule has 21 heavy (non-hydrogen) atoms. The minimum absolute atomic E-state index is 0. The van der Waals surface area contributed by atoms with Crippen LogP contribution in [-0.2, 0) is 27.3 Å². The number of benzene rings is 4. The molecule has 0 aliphatic carbocycles. The molecule has 0 aliphatic rings. The van der Waals surface area contributed by atoms with E-state index < -0.39 is 0 Å². The van der Waals surface area contributed by atoms with Gasteiger partial charge in [-0.25, -0.2) is 0 Å². The topological polar surface area (TPSA) is 0 Å². The van der Waals surface area contributed by atoms with Crippen molar-refractivity contribution >= 4 is 21.5 Å². The summed E-state index contributed by atoms with van der Waals surface area (Å²) in [5.74, 6) is 0. The van der Waals surface area contributed by atoms with Crippen LogP contribution >= 0.6 is 0 Å². The van der Waals surface area contributed by atoms with Crippen molar-refractivity contribution in [2.45, 2.75) is 0 Å². The van der Waals surface area contributed by atoms with E-state index in [1.807, 2.05) is 48.5 Å². The van der Waals surface area contributed by atoms with Crippen LogP contribution in [0.5, 0.6) is 0 Å². The zero-order valence-electron chi connectivity index (χ0n) is 11.8. The van der Waals surface area contributed by atoms with Crippen LogP contribution in [0.1, 0.15) is 0 Å². The first kappa shape index (κ1) is 15.7. The van der Waals surface area contributed by atoms with Crippen LogP contribution in [0.15, 0.2) is 84.9 Å². The minimum atomic E-state index is 0. The van der Waals surface area contributed by atoms with Crippen molar-refractivity contribution in [1.82, 2.24) is 0 Å². The normalized spacial score (nSPS) is 9.52. The maximum absolute atomic E-state index is 3.15. The summed E-state index contributed by atoms with van der Waals surface area (Å²) in [5.41, 5.74) is 0. The van der Waals surface area contributed by atoms with E-state index in [1.165, 1.54) is 21.5 Å². The van der Waals surface area contributed by atoms with Crippen molar-refractivity contribution in [2.75, 3.05) is 0 Å². The molecule has 0 radical (unpaired) electrons. The Labute approximate surface area is 145 Å². The molecule has 0 heterocycles. The molecule has 4 aromatic carbocycles. The van der Waals surface area contributed by atoms with Crippen LogP contribution in [0.25, 0.3) is 21.5 Å². The van der Waals surface area contributed by atoms with Gasteiger partial charge in [-0.2, -0.15) is 0 Å². The molecule has 0 N–H and O–H groups in total. The molecule has 0 saturated heterocycles. The zero-order chi connectivity index (χ0) is 13.6. The molecule has 0 saturated carbocycles. The maximum Gasteiger partial charge on any atom is 2.00 e.